The topological polar surface area (TPSA) is 72.5 Å². The van der Waals surface area contributed by atoms with Gasteiger partial charge >= 0.3 is 0 Å². The van der Waals surface area contributed by atoms with Gasteiger partial charge in [0.05, 0.1) is 18.4 Å². The normalized spacial score (nSPS) is 10.1. The van der Waals surface area contributed by atoms with Crippen molar-refractivity contribution < 1.29 is 14.6 Å². The van der Waals surface area contributed by atoms with E-state index in [0.717, 1.165) is 0 Å². The van der Waals surface area contributed by atoms with Crippen molar-refractivity contribution in [2.45, 2.75) is 0 Å². The summed E-state index contributed by atoms with van der Waals surface area (Å²) in [6.07, 6.45) is 0. The second-order valence-corrected chi connectivity index (χ2v) is 3.77. The molecule has 4 nitrogen and oxygen atoms in total. The SMILES string of the molecule is COc1ccccc1C(=O)c1cccc(O)c1N. The van der Waals surface area contributed by atoms with Crippen LogP contribution >= 0.6 is 0 Å². The van der Waals surface area contributed by atoms with Crippen molar-refractivity contribution in [3.05, 3.63) is 53.6 Å². The molecule has 2 aromatic carbocycles. The van der Waals surface area contributed by atoms with E-state index in [9.17, 15) is 9.90 Å². The van der Waals surface area contributed by atoms with E-state index < -0.39 is 0 Å². The molecule has 4 heteroatoms. The minimum Gasteiger partial charge on any atom is -0.506 e. The average Bonchev–Trinajstić information content (AvgIpc) is 2.41. The number of phenolic OH excluding ortho intramolecular Hbond substituents is 1. The molecule has 0 unspecified atom stereocenters. The van der Waals surface area contributed by atoms with Crippen LogP contribution in [0.25, 0.3) is 0 Å². The number of anilines is 1. The van der Waals surface area contributed by atoms with Gasteiger partial charge in [0.15, 0.2) is 5.78 Å². The van der Waals surface area contributed by atoms with E-state index in [1.165, 1.54) is 13.2 Å². The Kier molecular flexibility index (Phi) is 3.19. The first-order valence-electron chi connectivity index (χ1n) is 5.40. The van der Waals surface area contributed by atoms with Crippen molar-refractivity contribution in [2.24, 2.45) is 0 Å². The maximum absolute atomic E-state index is 12.3. The van der Waals surface area contributed by atoms with Gasteiger partial charge in [0.25, 0.3) is 0 Å². The summed E-state index contributed by atoms with van der Waals surface area (Å²) in [5.74, 6) is 0.0989. The fourth-order valence-corrected chi connectivity index (χ4v) is 1.73. The van der Waals surface area contributed by atoms with Gasteiger partial charge in [0, 0.05) is 5.56 Å². The number of ether oxygens (including phenoxy) is 1. The van der Waals surface area contributed by atoms with Crippen LogP contribution in [0.15, 0.2) is 42.5 Å². The number of hydrogen-bond donors (Lipinski definition) is 2. The Morgan fingerprint density at radius 2 is 1.78 bits per heavy atom. The van der Waals surface area contributed by atoms with Crippen molar-refractivity contribution in [1.82, 2.24) is 0 Å². The van der Waals surface area contributed by atoms with Crippen molar-refractivity contribution in [1.29, 1.82) is 0 Å². The lowest BCUT2D eigenvalue weighted by Crippen LogP contribution is -2.07. The van der Waals surface area contributed by atoms with Gasteiger partial charge in [-0.2, -0.15) is 0 Å². The first-order valence-corrected chi connectivity index (χ1v) is 5.40. The van der Waals surface area contributed by atoms with E-state index in [0.29, 0.717) is 11.3 Å². The van der Waals surface area contributed by atoms with E-state index in [2.05, 4.69) is 0 Å². The van der Waals surface area contributed by atoms with Crippen molar-refractivity contribution in [3.8, 4) is 11.5 Å². The summed E-state index contributed by atoms with van der Waals surface area (Å²) in [6, 6.07) is 11.5. The van der Waals surface area contributed by atoms with Crippen molar-refractivity contribution in [3.63, 3.8) is 0 Å². The molecule has 0 aliphatic heterocycles. The number of phenols is 1. The Morgan fingerprint density at radius 3 is 2.50 bits per heavy atom. The molecule has 0 saturated carbocycles. The zero-order valence-corrected chi connectivity index (χ0v) is 9.88. The smallest absolute Gasteiger partial charge is 0.198 e. The lowest BCUT2D eigenvalue weighted by atomic mass is 10.0. The predicted octanol–water partition coefficient (Wildman–Crippen LogP) is 2.21. The van der Waals surface area contributed by atoms with Crippen LogP contribution in [0.5, 0.6) is 11.5 Å². The summed E-state index contributed by atoms with van der Waals surface area (Å²) < 4.78 is 5.13. The van der Waals surface area contributed by atoms with Crippen LogP contribution < -0.4 is 10.5 Å². The molecular formula is C14H13NO3. The van der Waals surface area contributed by atoms with Crippen LogP contribution in [0, 0.1) is 0 Å². The molecule has 0 saturated heterocycles. The van der Waals surface area contributed by atoms with Crippen LogP contribution in [0.1, 0.15) is 15.9 Å². The molecule has 18 heavy (non-hydrogen) atoms. The second-order valence-electron chi connectivity index (χ2n) is 3.77. The number of hydrogen-bond acceptors (Lipinski definition) is 4. The summed E-state index contributed by atoms with van der Waals surface area (Å²) in [6.45, 7) is 0. The highest BCUT2D eigenvalue weighted by Gasteiger charge is 2.17. The molecule has 0 radical (unpaired) electrons. The molecular weight excluding hydrogens is 230 g/mol. The third-order valence-electron chi connectivity index (χ3n) is 2.68. The monoisotopic (exact) mass is 243 g/mol. The van der Waals surface area contributed by atoms with Crippen LogP contribution in [0.3, 0.4) is 0 Å². The Labute approximate surface area is 105 Å². The first-order chi connectivity index (χ1) is 8.65. The molecule has 0 aromatic heterocycles. The number of nitrogens with two attached hydrogens (primary N) is 1. The van der Waals surface area contributed by atoms with Gasteiger partial charge in [-0.1, -0.05) is 18.2 Å². The highest BCUT2D eigenvalue weighted by atomic mass is 16.5. The maximum atomic E-state index is 12.3. The van der Waals surface area contributed by atoms with E-state index in [4.69, 9.17) is 10.5 Å². The van der Waals surface area contributed by atoms with Crippen LogP contribution in [-0.2, 0) is 0 Å². The van der Waals surface area contributed by atoms with Gasteiger partial charge in [-0.25, -0.2) is 0 Å². The Morgan fingerprint density at radius 1 is 1.11 bits per heavy atom. The third-order valence-corrected chi connectivity index (χ3v) is 2.68. The van der Waals surface area contributed by atoms with Gasteiger partial charge in [-0.15, -0.1) is 0 Å². The van der Waals surface area contributed by atoms with Crippen molar-refractivity contribution >= 4 is 11.5 Å². The number of carbonyl (C=O) groups is 1. The minimum absolute atomic E-state index is 0.0772. The molecule has 2 rings (SSSR count). The number of aromatic hydroxyl groups is 1. The molecule has 0 atom stereocenters. The molecule has 0 amide bonds. The van der Waals surface area contributed by atoms with E-state index in [-0.39, 0.29) is 22.8 Å². The summed E-state index contributed by atoms with van der Waals surface area (Å²) in [7, 11) is 1.50. The highest BCUT2D eigenvalue weighted by molar-refractivity contribution is 6.14. The standard InChI is InChI=1S/C14H13NO3/c1-18-12-8-3-2-5-9(12)14(17)10-6-4-7-11(16)13(10)15/h2-8,16H,15H2,1H3. The molecule has 0 aliphatic carbocycles. The number of benzene rings is 2. The minimum atomic E-state index is -0.277. The molecule has 0 fully saturated rings. The van der Waals surface area contributed by atoms with Gasteiger partial charge in [0.1, 0.15) is 11.5 Å². The largest absolute Gasteiger partial charge is 0.506 e. The summed E-state index contributed by atoms with van der Waals surface area (Å²) in [5, 5.41) is 9.51. The zero-order chi connectivity index (χ0) is 13.1. The number of para-hydroxylation sites is 2. The molecule has 2 aromatic rings. The number of carbonyl (C=O) groups excluding carboxylic acids is 1. The zero-order valence-electron chi connectivity index (χ0n) is 9.88. The maximum Gasteiger partial charge on any atom is 0.198 e. The number of rotatable bonds is 3. The van der Waals surface area contributed by atoms with E-state index >= 15 is 0 Å². The molecule has 0 bridgehead atoms. The lowest BCUT2D eigenvalue weighted by molar-refractivity contribution is 0.103. The molecule has 0 spiro atoms. The average molecular weight is 243 g/mol. The van der Waals surface area contributed by atoms with Crippen LogP contribution in [0.2, 0.25) is 0 Å². The van der Waals surface area contributed by atoms with Gasteiger partial charge in [-0.05, 0) is 24.3 Å². The van der Waals surface area contributed by atoms with Crippen LogP contribution in [-0.4, -0.2) is 18.0 Å². The number of nitrogen functional groups attached to an aromatic ring is 1. The predicted molar refractivity (Wildman–Crippen MR) is 68.9 cm³/mol. The Balaban J connectivity index is 2.52. The van der Waals surface area contributed by atoms with Crippen LogP contribution in [0.4, 0.5) is 5.69 Å². The summed E-state index contributed by atoms with van der Waals surface area (Å²) in [5.41, 5.74) is 6.46. The Hall–Kier alpha value is -2.49. The third kappa shape index (κ3) is 2.00. The quantitative estimate of drug-likeness (QED) is 0.492. The summed E-state index contributed by atoms with van der Waals surface area (Å²) >= 11 is 0. The van der Waals surface area contributed by atoms with Gasteiger partial charge < -0.3 is 15.6 Å². The van der Waals surface area contributed by atoms with Gasteiger partial charge in [-0.3, -0.25) is 4.79 Å². The van der Waals surface area contributed by atoms with E-state index in [1.54, 1.807) is 36.4 Å². The van der Waals surface area contributed by atoms with Crippen molar-refractivity contribution in [2.75, 3.05) is 12.8 Å². The second kappa shape index (κ2) is 4.79. The Bertz CT molecular complexity index is 593. The fourth-order valence-electron chi connectivity index (χ4n) is 1.73. The molecule has 92 valence electrons. The first kappa shape index (κ1) is 12.0. The summed E-state index contributed by atoms with van der Waals surface area (Å²) in [4.78, 5) is 12.3. The fraction of sp³-hybridized carbons (Fsp3) is 0.0714. The number of ketones is 1. The highest BCUT2D eigenvalue weighted by Crippen LogP contribution is 2.28. The van der Waals surface area contributed by atoms with E-state index in [1.807, 2.05) is 0 Å². The molecule has 0 aliphatic rings. The van der Waals surface area contributed by atoms with Gasteiger partial charge in [0.2, 0.25) is 0 Å². The number of methoxy groups -OCH3 is 1. The lowest BCUT2D eigenvalue weighted by Gasteiger charge is -2.09. The molecule has 0 heterocycles. The molecule has 3 N–H and O–H groups in total.